The summed E-state index contributed by atoms with van der Waals surface area (Å²) in [5.41, 5.74) is 6.64. The molecule has 0 spiro atoms. The van der Waals surface area contributed by atoms with E-state index in [-0.39, 0.29) is 12.3 Å². The van der Waals surface area contributed by atoms with Gasteiger partial charge >= 0.3 is 0 Å². The topological polar surface area (TPSA) is 69.4 Å². The Morgan fingerprint density at radius 3 is 2.21 bits per heavy atom. The summed E-state index contributed by atoms with van der Waals surface area (Å²) in [6, 6.07) is 7.03. The largest absolute Gasteiger partial charge is 0.376 e. The fourth-order valence-electron chi connectivity index (χ4n) is 1.82. The van der Waals surface area contributed by atoms with Gasteiger partial charge in [0, 0.05) is 13.2 Å². The summed E-state index contributed by atoms with van der Waals surface area (Å²) in [5, 5.41) is 0. The molecule has 19 heavy (non-hydrogen) atoms. The van der Waals surface area contributed by atoms with E-state index in [0.717, 1.165) is 5.56 Å². The first-order valence-electron chi connectivity index (χ1n) is 6.55. The van der Waals surface area contributed by atoms with Gasteiger partial charge in [0.05, 0.1) is 16.8 Å². The van der Waals surface area contributed by atoms with E-state index in [1.165, 1.54) is 0 Å². The minimum absolute atomic E-state index is 0.0711. The van der Waals surface area contributed by atoms with E-state index in [9.17, 15) is 8.42 Å². The van der Waals surface area contributed by atoms with Crippen LogP contribution in [-0.2, 0) is 14.6 Å². The van der Waals surface area contributed by atoms with Crippen molar-refractivity contribution >= 4 is 9.84 Å². The van der Waals surface area contributed by atoms with Crippen molar-refractivity contribution in [2.75, 3.05) is 18.9 Å². The predicted octanol–water partition coefficient (Wildman–Crippen LogP) is 1.95. The van der Waals surface area contributed by atoms with Crippen molar-refractivity contribution in [1.29, 1.82) is 0 Å². The van der Waals surface area contributed by atoms with E-state index in [1.807, 2.05) is 19.1 Å². The molecule has 0 heterocycles. The van der Waals surface area contributed by atoms with Crippen LogP contribution in [0.25, 0.3) is 0 Å². The highest BCUT2D eigenvalue weighted by atomic mass is 32.2. The zero-order chi connectivity index (χ0) is 14.5. The molecule has 0 aliphatic carbocycles. The molecular weight excluding hydrogens is 262 g/mol. The van der Waals surface area contributed by atoms with E-state index in [0.29, 0.717) is 17.4 Å². The summed E-state index contributed by atoms with van der Waals surface area (Å²) in [7, 11) is -3.34. The molecule has 0 saturated heterocycles. The molecule has 0 aliphatic rings. The van der Waals surface area contributed by atoms with Crippen LogP contribution in [0.15, 0.2) is 29.2 Å². The van der Waals surface area contributed by atoms with E-state index in [1.54, 1.807) is 12.1 Å². The molecule has 1 aromatic rings. The second-order valence-corrected chi connectivity index (χ2v) is 6.85. The van der Waals surface area contributed by atoms with Gasteiger partial charge in [0.15, 0.2) is 9.84 Å². The Hall–Kier alpha value is -0.910. The molecule has 1 atom stereocenters. The molecule has 1 rings (SSSR count). The third kappa shape index (κ3) is 4.60. The van der Waals surface area contributed by atoms with Crippen molar-refractivity contribution in [3.63, 3.8) is 0 Å². The van der Waals surface area contributed by atoms with E-state index < -0.39 is 15.9 Å². The molecule has 0 aliphatic heterocycles. The number of nitrogens with two attached hydrogens (primary N) is 1. The normalized spacial score (nSPS) is 13.7. The van der Waals surface area contributed by atoms with Gasteiger partial charge in [-0.1, -0.05) is 26.0 Å². The van der Waals surface area contributed by atoms with Gasteiger partial charge in [-0.25, -0.2) is 8.42 Å². The third-order valence-electron chi connectivity index (χ3n) is 2.98. The number of hydrogen-bond donors (Lipinski definition) is 1. The Labute approximate surface area is 115 Å². The lowest BCUT2D eigenvalue weighted by Gasteiger charge is -2.15. The standard InChI is InChI=1S/C14H23NO3S/c1-4-18-13(9-15)10-19(16,17)14-7-5-12(6-8-14)11(2)3/h5-8,11,13H,4,9-10,15H2,1-3H3. The highest BCUT2D eigenvalue weighted by Gasteiger charge is 2.20. The van der Waals surface area contributed by atoms with Crippen LogP contribution < -0.4 is 5.73 Å². The maximum absolute atomic E-state index is 12.2. The Balaban J connectivity index is 2.87. The summed E-state index contributed by atoms with van der Waals surface area (Å²) >= 11 is 0. The molecule has 0 fully saturated rings. The number of benzene rings is 1. The molecule has 0 aromatic heterocycles. The molecule has 4 nitrogen and oxygen atoms in total. The number of ether oxygens (including phenoxy) is 1. The minimum atomic E-state index is -3.34. The van der Waals surface area contributed by atoms with E-state index >= 15 is 0 Å². The van der Waals surface area contributed by atoms with Crippen molar-refractivity contribution < 1.29 is 13.2 Å². The summed E-state index contributed by atoms with van der Waals surface area (Å²) in [6.45, 7) is 6.64. The number of hydrogen-bond acceptors (Lipinski definition) is 4. The van der Waals surface area contributed by atoms with E-state index in [4.69, 9.17) is 10.5 Å². The molecule has 1 aromatic carbocycles. The lowest BCUT2D eigenvalue weighted by molar-refractivity contribution is 0.0846. The first-order chi connectivity index (χ1) is 8.90. The van der Waals surface area contributed by atoms with Crippen molar-refractivity contribution in [2.24, 2.45) is 5.73 Å². The highest BCUT2D eigenvalue weighted by molar-refractivity contribution is 7.91. The van der Waals surface area contributed by atoms with Gasteiger partial charge < -0.3 is 10.5 Å². The Bertz CT molecular complexity index is 480. The monoisotopic (exact) mass is 285 g/mol. The Morgan fingerprint density at radius 2 is 1.79 bits per heavy atom. The van der Waals surface area contributed by atoms with Crippen LogP contribution in [0, 0.1) is 0 Å². The third-order valence-corrected chi connectivity index (χ3v) is 4.78. The second-order valence-electron chi connectivity index (χ2n) is 4.82. The quantitative estimate of drug-likeness (QED) is 0.831. The first-order valence-corrected chi connectivity index (χ1v) is 8.20. The zero-order valence-electron chi connectivity index (χ0n) is 11.8. The van der Waals surface area contributed by atoms with Crippen molar-refractivity contribution in [2.45, 2.75) is 37.7 Å². The highest BCUT2D eigenvalue weighted by Crippen LogP contribution is 2.18. The molecule has 0 bridgehead atoms. The van der Waals surface area contributed by atoms with Gasteiger partial charge in [-0.05, 0) is 30.5 Å². The molecule has 0 radical (unpaired) electrons. The number of sulfone groups is 1. The predicted molar refractivity (Wildman–Crippen MR) is 77.1 cm³/mol. The first kappa shape index (κ1) is 16.1. The maximum Gasteiger partial charge on any atom is 0.180 e. The maximum atomic E-state index is 12.2. The van der Waals surface area contributed by atoms with Crippen molar-refractivity contribution in [1.82, 2.24) is 0 Å². The molecular formula is C14H23NO3S. The van der Waals surface area contributed by atoms with Crippen LogP contribution in [0.1, 0.15) is 32.3 Å². The van der Waals surface area contributed by atoms with Gasteiger partial charge in [0.1, 0.15) is 0 Å². The fraction of sp³-hybridized carbons (Fsp3) is 0.571. The van der Waals surface area contributed by atoms with Crippen LogP contribution in [0.5, 0.6) is 0 Å². The average molecular weight is 285 g/mol. The SMILES string of the molecule is CCOC(CN)CS(=O)(=O)c1ccc(C(C)C)cc1. The van der Waals surface area contributed by atoms with Crippen molar-refractivity contribution in [3.05, 3.63) is 29.8 Å². The molecule has 2 N–H and O–H groups in total. The lowest BCUT2D eigenvalue weighted by Crippen LogP contribution is -2.31. The van der Waals surface area contributed by atoms with Crippen LogP contribution in [-0.4, -0.2) is 33.4 Å². The summed E-state index contributed by atoms with van der Waals surface area (Å²) in [4.78, 5) is 0.329. The summed E-state index contributed by atoms with van der Waals surface area (Å²) < 4.78 is 29.8. The van der Waals surface area contributed by atoms with E-state index in [2.05, 4.69) is 13.8 Å². The molecule has 108 valence electrons. The van der Waals surface area contributed by atoms with Crippen LogP contribution in [0.3, 0.4) is 0 Å². The van der Waals surface area contributed by atoms with Gasteiger partial charge in [0.2, 0.25) is 0 Å². The van der Waals surface area contributed by atoms with Crippen molar-refractivity contribution in [3.8, 4) is 0 Å². The van der Waals surface area contributed by atoms with Gasteiger partial charge in [-0.3, -0.25) is 0 Å². The average Bonchev–Trinajstić information content (AvgIpc) is 2.38. The van der Waals surface area contributed by atoms with Crippen LogP contribution in [0.4, 0.5) is 0 Å². The summed E-state index contributed by atoms with van der Waals surface area (Å²) in [5.74, 6) is 0.315. The summed E-state index contributed by atoms with van der Waals surface area (Å²) in [6.07, 6.45) is -0.445. The Morgan fingerprint density at radius 1 is 1.21 bits per heavy atom. The van der Waals surface area contributed by atoms with Crippen LogP contribution >= 0.6 is 0 Å². The molecule has 0 saturated carbocycles. The van der Waals surface area contributed by atoms with Crippen LogP contribution in [0.2, 0.25) is 0 Å². The molecule has 0 amide bonds. The van der Waals surface area contributed by atoms with Gasteiger partial charge in [-0.15, -0.1) is 0 Å². The second kappa shape index (κ2) is 7.03. The smallest absolute Gasteiger partial charge is 0.180 e. The lowest BCUT2D eigenvalue weighted by atomic mass is 10.0. The molecule has 1 unspecified atom stereocenters. The minimum Gasteiger partial charge on any atom is -0.376 e. The number of rotatable bonds is 7. The van der Waals surface area contributed by atoms with Gasteiger partial charge in [0.25, 0.3) is 0 Å². The zero-order valence-corrected chi connectivity index (χ0v) is 12.6. The fourth-order valence-corrected chi connectivity index (χ4v) is 3.29. The molecule has 5 heteroatoms. The van der Waals surface area contributed by atoms with Gasteiger partial charge in [-0.2, -0.15) is 0 Å². The Kier molecular flexibility index (Phi) is 5.97.